The zero-order chi connectivity index (χ0) is 14.9. The topological polar surface area (TPSA) is 73.8 Å². The number of Topliss-reactive ketones (excluding diaryl/α,β-unsaturated/α-hetero) is 1. The minimum atomic E-state index is -0.142. The number of aromatic nitrogens is 3. The van der Waals surface area contributed by atoms with E-state index in [1.807, 2.05) is 25.5 Å². The van der Waals surface area contributed by atoms with Crippen LogP contribution >= 0.6 is 27.3 Å². The van der Waals surface area contributed by atoms with Crippen molar-refractivity contribution in [2.45, 2.75) is 39.8 Å². The van der Waals surface area contributed by atoms with Gasteiger partial charge in [0, 0.05) is 11.9 Å². The lowest BCUT2D eigenvalue weighted by Gasteiger charge is -2.04. The third-order valence-electron chi connectivity index (χ3n) is 2.98. The minimum Gasteiger partial charge on any atom is -0.322 e. The number of aryl methyl sites for hydroxylation is 2. The zero-order valence-corrected chi connectivity index (χ0v) is 14.1. The average Bonchev–Trinajstić information content (AvgIpc) is 2.99. The summed E-state index contributed by atoms with van der Waals surface area (Å²) in [5.74, 6) is -0.0107. The maximum atomic E-state index is 12.3. The molecule has 2 aromatic rings. The summed E-state index contributed by atoms with van der Waals surface area (Å²) in [6, 6.07) is -0.142. The second-order valence-electron chi connectivity index (χ2n) is 4.62. The van der Waals surface area contributed by atoms with E-state index >= 15 is 0 Å². The van der Waals surface area contributed by atoms with Crippen molar-refractivity contribution in [2.24, 2.45) is 5.73 Å². The van der Waals surface area contributed by atoms with E-state index in [0.29, 0.717) is 5.69 Å². The molecule has 0 bridgehead atoms. The second-order valence-corrected chi connectivity index (χ2v) is 6.30. The summed E-state index contributed by atoms with van der Waals surface area (Å²) in [5, 5.41) is 6.95. The summed E-state index contributed by atoms with van der Waals surface area (Å²) in [7, 11) is 0. The van der Waals surface area contributed by atoms with Crippen LogP contribution in [0.3, 0.4) is 0 Å². The first-order valence-electron chi connectivity index (χ1n) is 6.40. The quantitative estimate of drug-likeness (QED) is 0.835. The predicted octanol–water partition coefficient (Wildman–Crippen LogP) is 2.88. The normalized spacial score (nSPS) is 12.7. The Balaban J connectivity index is 2.23. The predicted molar refractivity (Wildman–Crippen MR) is 83.1 cm³/mol. The van der Waals surface area contributed by atoms with Gasteiger partial charge >= 0.3 is 0 Å². The number of carbonyl (C=O) groups is 1. The molecule has 5 nitrogen and oxygen atoms in total. The van der Waals surface area contributed by atoms with Gasteiger partial charge in [0.25, 0.3) is 0 Å². The molecular weight excluding hydrogens is 340 g/mol. The van der Waals surface area contributed by atoms with Gasteiger partial charge < -0.3 is 5.73 Å². The van der Waals surface area contributed by atoms with Crippen LogP contribution in [-0.2, 0) is 13.0 Å². The van der Waals surface area contributed by atoms with E-state index < -0.39 is 0 Å². The van der Waals surface area contributed by atoms with E-state index in [1.54, 1.807) is 5.38 Å². The number of hydrogen-bond acceptors (Lipinski definition) is 5. The summed E-state index contributed by atoms with van der Waals surface area (Å²) in [4.78, 5) is 16.6. The molecule has 0 saturated heterocycles. The maximum Gasteiger partial charge on any atom is 0.188 e. The van der Waals surface area contributed by atoms with Gasteiger partial charge in [-0.15, -0.1) is 11.3 Å². The lowest BCUT2D eigenvalue weighted by Crippen LogP contribution is -2.11. The Hall–Kier alpha value is -1.05. The Kier molecular flexibility index (Phi) is 4.72. The molecule has 0 saturated carbocycles. The molecule has 2 N–H and O–H groups in total. The second kappa shape index (κ2) is 6.15. The van der Waals surface area contributed by atoms with Gasteiger partial charge in [-0.2, -0.15) is 5.10 Å². The van der Waals surface area contributed by atoms with Crippen molar-refractivity contribution < 1.29 is 4.79 Å². The van der Waals surface area contributed by atoms with Crippen molar-refractivity contribution in [3.63, 3.8) is 0 Å². The van der Waals surface area contributed by atoms with Crippen LogP contribution in [0.15, 0.2) is 9.85 Å². The Morgan fingerprint density at radius 2 is 2.30 bits per heavy atom. The molecule has 0 fully saturated rings. The molecular formula is C13H17BrN4OS. The first kappa shape index (κ1) is 15.3. The minimum absolute atomic E-state index is 0.0107. The van der Waals surface area contributed by atoms with Gasteiger partial charge in [0.05, 0.1) is 28.3 Å². The first-order chi connectivity index (χ1) is 9.43. The Morgan fingerprint density at radius 1 is 1.60 bits per heavy atom. The summed E-state index contributed by atoms with van der Waals surface area (Å²) in [6.07, 6.45) is 0.289. The Bertz CT molecular complexity index is 632. The number of carbonyl (C=O) groups excluding carboxylic acids is 1. The molecule has 2 rings (SSSR count). The molecule has 0 radical (unpaired) electrons. The Morgan fingerprint density at radius 3 is 2.85 bits per heavy atom. The lowest BCUT2D eigenvalue weighted by atomic mass is 10.1. The van der Waals surface area contributed by atoms with E-state index in [-0.39, 0.29) is 18.2 Å². The molecule has 2 heterocycles. The van der Waals surface area contributed by atoms with Crippen molar-refractivity contribution in [3.8, 4) is 0 Å². The van der Waals surface area contributed by atoms with Gasteiger partial charge in [0.2, 0.25) is 0 Å². The molecule has 0 aliphatic carbocycles. The average molecular weight is 357 g/mol. The lowest BCUT2D eigenvalue weighted by molar-refractivity contribution is 0.0986. The molecule has 7 heteroatoms. The molecule has 0 aliphatic rings. The molecule has 0 aliphatic heterocycles. The standard InChI is InChI=1S/C13H17BrN4OS/c1-4-18-10(12(14)8(3)17-18)5-11(19)9-6-20-13(16-9)7(2)15/h6-7H,4-5,15H2,1-3H3. The van der Waals surface area contributed by atoms with Gasteiger partial charge in [-0.3, -0.25) is 9.48 Å². The summed E-state index contributed by atoms with van der Waals surface area (Å²) >= 11 is 4.92. The highest BCUT2D eigenvalue weighted by Gasteiger charge is 2.19. The van der Waals surface area contributed by atoms with Gasteiger partial charge in [-0.1, -0.05) is 0 Å². The highest BCUT2D eigenvalue weighted by Crippen LogP contribution is 2.23. The van der Waals surface area contributed by atoms with Gasteiger partial charge in [-0.25, -0.2) is 4.98 Å². The number of thiazole rings is 1. The smallest absolute Gasteiger partial charge is 0.188 e. The van der Waals surface area contributed by atoms with E-state index in [1.165, 1.54) is 11.3 Å². The van der Waals surface area contributed by atoms with Crippen molar-refractivity contribution >= 4 is 33.0 Å². The molecule has 108 valence electrons. The fraction of sp³-hybridized carbons (Fsp3) is 0.462. The summed E-state index contributed by atoms with van der Waals surface area (Å²) in [5.41, 5.74) is 8.04. The fourth-order valence-electron chi connectivity index (χ4n) is 1.91. The molecule has 0 aromatic carbocycles. The van der Waals surface area contributed by atoms with Crippen molar-refractivity contribution in [1.82, 2.24) is 14.8 Å². The summed E-state index contributed by atoms with van der Waals surface area (Å²) < 4.78 is 2.74. The van der Waals surface area contributed by atoms with Crippen LogP contribution in [-0.4, -0.2) is 20.5 Å². The molecule has 2 aromatic heterocycles. The van der Waals surface area contributed by atoms with E-state index in [9.17, 15) is 4.79 Å². The Labute approximate surface area is 130 Å². The highest BCUT2D eigenvalue weighted by atomic mass is 79.9. The van der Waals surface area contributed by atoms with Crippen LogP contribution in [0.4, 0.5) is 0 Å². The third kappa shape index (κ3) is 2.99. The zero-order valence-electron chi connectivity index (χ0n) is 11.7. The molecule has 20 heavy (non-hydrogen) atoms. The number of nitrogens with two attached hydrogens (primary N) is 1. The van der Waals surface area contributed by atoms with Gasteiger partial charge in [-0.05, 0) is 36.7 Å². The maximum absolute atomic E-state index is 12.3. The van der Waals surface area contributed by atoms with Crippen LogP contribution in [0.25, 0.3) is 0 Å². The van der Waals surface area contributed by atoms with Crippen molar-refractivity contribution in [1.29, 1.82) is 0 Å². The van der Waals surface area contributed by atoms with E-state index in [0.717, 1.165) is 27.4 Å². The SMILES string of the molecule is CCn1nc(C)c(Br)c1CC(=O)c1csc(C(C)N)n1. The molecule has 0 spiro atoms. The van der Waals surface area contributed by atoms with Gasteiger partial charge in [0.15, 0.2) is 5.78 Å². The van der Waals surface area contributed by atoms with E-state index in [2.05, 4.69) is 26.0 Å². The van der Waals surface area contributed by atoms with Crippen LogP contribution < -0.4 is 5.73 Å². The number of halogens is 1. The highest BCUT2D eigenvalue weighted by molar-refractivity contribution is 9.10. The monoisotopic (exact) mass is 356 g/mol. The number of ketones is 1. The number of hydrogen-bond donors (Lipinski definition) is 1. The van der Waals surface area contributed by atoms with Crippen LogP contribution in [0, 0.1) is 6.92 Å². The molecule has 0 amide bonds. The summed E-state index contributed by atoms with van der Waals surface area (Å²) in [6.45, 7) is 6.52. The van der Waals surface area contributed by atoms with Gasteiger partial charge in [0.1, 0.15) is 10.7 Å². The number of rotatable bonds is 5. The fourth-order valence-corrected chi connectivity index (χ4v) is 3.11. The first-order valence-corrected chi connectivity index (χ1v) is 8.07. The van der Waals surface area contributed by atoms with Crippen LogP contribution in [0.2, 0.25) is 0 Å². The number of nitrogens with zero attached hydrogens (tertiary/aromatic N) is 3. The third-order valence-corrected chi connectivity index (χ3v) is 5.06. The van der Waals surface area contributed by atoms with Crippen LogP contribution in [0.1, 0.15) is 46.8 Å². The molecule has 1 atom stereocenters. The van der Waals surface area contributed by atoms with Crippen molar-refractivity contribution in [2.75, 3.05) is 0 Å². The molecule has 1 unspecified atom stereocenters. The van der Waals surface area contributed by atoms with Crippen LogP contribution in [0.5, 0.6) is 0 Å². The van der Waals surface area contributed by atoms with E-state index in [4.69, 9.17) is 5.73 Å². The largest absolute Gasteiger partial charge is 0.322 e. The van der Waals surface area contributed by atoms with Crippen molar-refractivity contribution in [3.05, 3.63) is 31.9 Å².